The van der Waals surface area contributed by atoms with Gasteiger partial charge in [-0.2, -0.15) is 5.10 Å². The Morgan fingerprint density at radius 3 is 2.60 bits per heavy atom. The summed E-state index contributed by atoms with van der Waals surface area (Å²) >= 11 is 0. The minimum absolute atomic E-state index is 0.288. The quantitative estimate of drug-likeness (QED) is 0.888. The van der Waals surface area contributed by atoms with Gasteiger partial charge in [-0.3, -0.25) is 4.79 Å². The number of aromatic nitrogens is 2. The highest BCUT2D eigenvalue weighted by Gasteiger charge is 2.20. The van der Waals surface area contributed by atoms with Crippen LogP contribution in [0.15, 0.2) is 36.5 Å². The third-order valence-electron chi connectivity index (χ3n) is 2.88. The Morgan fingerprint density at radius 2 is 2.00 bits per heavy atom. The number of halogens is 1. The van der Waals surface area contributed by atoms with Gasteiger partial charge in [0.25, 0.3) is 5.91 Å². The predicted octanol–water partition coefficient (Wildman–Crippen LogP) is 1.48. The molecule has 2 rings (SSSR count). The van der Waals surface area contributed by atoms with Crippen LogP contribution in [0.25, 0.3) is 5.69 Å². The second kappa shape index (κ2) is 5.42. The molecule has 0 aliphatic carbocycles. The molecule has 0 bridgehead atoms. The smallest absolute Gasteiger partial charge is 0.272 e. The second-order valence-electron chi connectivity index (χ2n) is 5.16. The Labute approximate surface area is 116 Å². The van der Waals surface area contributed by atoms with Crippen molar-refractivity contribution in [2.45, 2.75) is 19.4 Å². The van der Waals surface area contributed by atoms with Gasteiger partial charge in [0.15, 0.2) is 5.69 Å². The molecule has 6 heteroatoms. The number of nitrogens with one attached hydrogen (secondary N) is 1. The van der Waals surface area contributed by atoms with E-state index in [4.69, 9.17) is 5.73 Å². The van der Waals surface area contributed by atoms with Gasteiger partial charge in [0.2, 0.25) is 0 Å². The van der Waals surface area contributed by atoms with Crippen LogP contribution in [0.1, 0.15) is 24.3 Å². The van der Waals surface area contributed by atoms with Crippen molar-refractivity contribution in [2.75, 3.05) is 6.54 Å². The minimum Gasteiger partial charge on any atom is -0.344 e. The number of hydrogen-bond acceptors (Lipinski definition) is 3. The molecular weight excluding hydrogens is 259 g/mol. The summed E-state index contributed by atoms with van der Waals surface area (Å²) in [6.45, 7) is 4.00. The molecule has 0 saturated heterocycles. The molecule has 0 atom stereocenters. The number of nitrogens with zero attached hydrogens (tertiary/aromatic N) is 2. The number of carbonyl (C=O) groups is 1. The normalized spacial score (nSPS) is 11.4. The molecular formula is C14H17FN4O. The van der Waals surface area contributed by atoms with Crippen LogP contribution >= 0.6 is 0 Å². The molecule has 0 saturated carbocycles. The van der Waals surface area contributed by atoms with E-state index < -0.39 is 5.54 Å². The van der Waals surface area contributed by atoms with Crippen molar-refractivity contribution in [3.63, 3.8) is 0 Å². The van der Waals surface area contributed by atoms with Crippen LogP contribution in [-0.2, 0) is 0 Å². The van der Waals surface area contributed by atoms with Gasteiger partial charge in [-0.25, -0.2) is 9.07 Å². The SMILES string of the molecule is CC(C)(CN)NC(=O)c1ccn(-c2ccc(F)cc2)n1. The maximum absolute atomic E-state index is 12.9. The lowest BCUT2D eigenvalue weighted by atomic mass is 10.1. The fourth-order valence-electron chi connectivity index (χ4n) is 1.61. The third kappa shape index (κ3) is 3.21. The summed E-state index contributed by atoms with van der Waals surface area (Å²) in [6.07, 6.45) is 1.65. The van der Waals surface area contributed by atoms with Crippen LogP contribution in [0.3, 0.4) is 0 Å². The van der Waals surface area contributed by atoms with Crippen LogP contribution in [0.4, 0.5) is 4.39 Å². The Morgan fingerprint density at radius 1 is 1.35 bits per heavy atom. The Kier molecular flexibility index (Phi) is 3.85. The third-order valence-corrected chi connectivity index (χ3v) is 2.88. The molecule has 0 radical (unpaired) electrons. The van der Waals surface area contributed by atoms with E-state index in [1.165, 1.54) is 16.8 Å². The van der Waals surface area contributed by atoms with Crippen molar-refractivity contribution in [2.24, 2.45) is 5.73 Å². The van der Waals surface area contributed by atoms with E-state index in [0.717, 1.165) is 0 Å². The summed E-state index contributed by atoms with van der Waals surface area (Å²) in [6, 6.07) is 7.47. The van der Waals surface area contributed by atoms with E-state index in [1.807, 2.05) is 13.8 Å². The van der Waals surface area contributed by atoms with Crippen molar-refractivity contribution in [1.29, 1.82) is 0 Å². The first-order valence-corrected chi connectivity index (χ1v) is 6.25. The lowest BCUT2D eigenvalue weighted by molar-refractivity contribution is 0.0910. The summed E-state index contributed by atoms with van der Waals surface area (Å²) in [4.78, 5) is 12.0. The lowest BCUT2D eigenvalue weighted by Crippen LogP contribution is -2.48. The predicted molar refractivity (Wildman–Crippen MR) is 74.1 cm³/mol. The minimum atomic E-state index is -0.489. The Bertz CT molecular complexity index is 604. The number of benzene rings is 1. The summed E-state index contributed by atoms with van der Waals surface area (Å²) in [5.41, 5.74) is 6.05. The number of hydrogen-bond donors (Lipinski definition) is 2. The summed E-state index contributed by atoms with van der Waals surface area (Å²) in [5, 5.41) is 6.97. The molecule has 1 heterocycles. The molecule has 0 spiro atoms. The van der Waals surface area contributed by atoms with E-state index in [0.29, 0.717) is 12.2 Å². The van der Waals surface area contributed by atoms with Gasteiger partial charge in [0, 0.05) is 18.3 Å². The number of carbonyl (C=O) groups excluding carboxylic acids is 1. The van der Waals surface area contributed by atoms with E-state index >= 15 is 0 Å². The Balaban J connectivity index is 2.17. The molecule has 1 amide bonds. The molecule has 20 heavy (non-hydrogen) atoms. The molecule has 0 unspecified atom stereocenters. The first-order valence-electron chi connectivity index (χ1n) is 6.25. The highest BCUT2D eigenvalue weighted by molar-refractivity contribution is 5.92. The standard InChI is InChI=1S/C14H17FN4O/c1-14(2,9-16)17-13(20)12-7-8-19(18-12)11-5-3-10(15)4-6-11/h3-8H,9,16H2,1-2H3,(H,17,20). The molecule has 5 nitrogen and oxygen atoms in total. The maximum atomic E-state index is 12.9. The van der Waals surface area contributed by atoms with Gasteiger partial charge in [-0.15, -0.1) is 0 Å². The average molecular weight is 276 g/mol. The van der Waals surface area contributed by atoms with Crippen LogP contribution in [0.2, 0.25) is 0 Å². The first kappa shape index (κ1) is 14.2. The molecule has 3 N–H and O–H groups in total. The molecule has 1 aromatic carbocycles. The molecule has 106 valence electrons. The summed E-state index contributed by atoms with van der Waals surface area (Å²) in [5.74, 6) is -0.607. The largest absolute Gasteiger partial charge is 0.344 e. The number of rotatable bonds is 4. The maximum Gasteiger partial charge on any atom is 0.272 e. The summed E-state index contributed by atoms with van der Waals surface area (Å²) in [7, 11) is 0. The van der Waals surface area contributed by atoms with E-state index in [2.05, 4.69) is 10.4 Å². The van der Waals surface area contributed by atoms with Gasteiger partial charge < -0.3 is 11.1 Å². The zero-order chi connectivity index (χ0) is 14.8. The monoisotopic (exact) mass is 276 g/mol. The summed E-state index contributed by atoms with van der Waals surface area (Å²) < 4.78 is 14.4. The number of amides is 1. The lowest BCUT2D eigenvalue weighted by Gasteiger charge is -2.23. The van der Waals surface area contributed by atoms with Gasteiger partial charge in [-0.05, 0) is 44.2 Å². The van der Waals surface area contributed by atoms with Gasteiger partial charge in [0.05, 0.1) is 5.69 Å². The van der Waals surface area contributed by atoms with Crippen LogP contribution in [-0.4, -0.2) is 27.8 Å². The Hall–Kier alpha value is -2.21. The average Bonchev–Trinajstić information content (AvgIpc) is 2.89. The van der Waals surface area contributed by atoms with Crippen molar-refractivity contribution >= 4 is 5.91 Å². The molecule has 2 aromatic rings. The molecule has 0 aliphatic rings. The van der Waals surface area contributed by atoms with Crippen LogP contribution < -0.4 is 11.1 Å². The topological polar surface area (TPSA) is 72.9 Å². The van der Waals surface area contributed by atoms with Crippen molar-refractivity contribution in [3.05, 3.63) is 48.0 Å². The zero-order valence-corrected chi connectivity index (χ0v) is 11.4. The van der Waals surface area contributed by atoms with E-state index in [-0.39, 0.29) is 17.4 Å². The van der Waals surface area contributed by atoms with Gasteiger partial charge in [-0.1, -0.05) is 0 Å². The highest BCUT2D eigenvalue weighted by Crippen LogP contribution is 2.09. The fourth-order valence-corrected chi connectivity index (χ4v) is 1.61. The van der Waals surface area contributed by atoms with Crippen LogP contribution in [0.5, 0.6) is 0 Å². The van der Waals surface area contributed by atoms with Gasteiger partial charge >= 0.3 is 0 Å². The molecule has 1 aromatic heterocycles. The van der Waals surface area contributed by atoms with E-state index in [9.17, 15) is 9.18 Å². The molecule has 0 aliphatic heterocycles. The fraction of sp³-hybridized carbons (Fsp3) is 0.286. The zero-order valence-electron chi connectivity index (χ0n) is 11.4. The molecule has 0 fully saturated rings. The first-order chi connectivity index (χ1) is 9.41. The van der Waals surface area contributed by atoms with Crippen LogP contribution in [0, 0.1) is 5.82 Å². The van der Waals surface area contributed by atoms with Gasteiger partial charge in [0.1, 0.15) is 5.82 Å². The van der Waals surface area contributed by atoms with Crippen molar-refractivity contribution in [1.82, 2.24) is 15.1 Å². The number of nitrogens with two attached hydrogens (primary N) is 1. The second-order valence-corrected chi connectivity index (χ2v) is 5.16. The highest BCUT2D eigenvalue weighted by atomic mass is 19.1. The van der Waals surface area contributed by atoms with Crippen molar-refractivity contribution in [3.8, 4) is 5.69 Å². The van der Waals surface area contributed by atoms with E-state index in [1.54, 1.807) is 24.4 Å². The van der Waals surface area contributed by atoms with Crippen molar-refractivity contribution < 1.29 is 9.18 Å².